The smallest absolute Gasteiger partial charge is 0.284 e. The molecule has 154 valence electrons. The number of rotatable bonds is 6. The number of hydrogen-bond donors (Lipinski definition) is 2. The summed E-state index contributed by atoms with van der Waals surface area (Å²) in [7, 11) is 0. The zero-order valence-electron chi connectivity index (χ0n) is 15.8. The lowest BCUT2D eigenvalue weighted by Gasteiger charge is -2.35. The normalized spacial score (nSPS) is 14.4. The first-order chi connectivity index (χ1) is 14.4. The molecule has 0 fully saturated rings. The van der Waals surface area contributed by atoms with E-state index in [0.29, 0.717) is 11.5 Å². The van der Waals surface area contributed by atoms with Crippen LogP contribution in [0.3, 0.4) is 0 Å². The Kier molecular flexibility index (Phi) is 5.27. The largest absolute Gasteiger partial charge is 0.409 e. The molecule has 2 aromatic heterocycles. The predicted molar refractivity (Wildman–Crippen MR) is 106 cm³/mol. The molecule has 0 aliphatic carbocycles. The van der Waals surface area contributed by atoms with Crippen molar-refractivity contribution in [2.45, 2.75) is 25.0 Å². The van der Waals surface area contributed by atoms with Crippen LogP contribution in [0.1, 0.15) is 24.0 Å². The maximum atomic E-state index is 14.7. The van der Waals surface area contributed by atoms with Crippen molar-refractivity contribution in [2.24, 2.45) is 0 Å². The predicted octanol–water partition coefficient (Wildman–Crippen LogP) is 3.96. The van der Waals surface area contributed by atoms with Gasteiger partial charge < -0.3 is 9.52 Å². The first-order valence-electron chi connectivity index (χ1n) is 9.03. The third-order valence-electron chi connectivity index (χ3n) is 5.08. The van der Waals surface area contributed by atoms with E-state index in [0.717, 1.165) is 17.7 Å². The molecule has 2 heterocycles. The van der Waals surface area contributed by atoms with Gasteiger partial charge in [0.2, 0.25) is 5.89 Å². The number of aliphatic hydroxyl groups is 1. The van der Waals surface area contributed by atoms with Crippen molar-refractivity contribution in [3.05, 3.63) is 82.7 Å². The van der Waals surface area contributed by atoms with Gasteiger partial charge in [-0.1, -0.05) is 25.1 Å². The summed E-state index contributed by atoms with van der Waals surface area (Å²) in [6, 6.07) is 10.2. The zero-order chi connectivity index (χ0) is 21.3. The third kappa shape index (κ3) is 3.79. The first kappa shape index (κ1) is 20.0. The summed E-state index contributed by atoms with van der Waals surface area (Å²) < 4.78 is 34.8. The van der Waals surface area contributed by atoms with Crippen LogP contribution < -0.4 is 0 Å². The van der Waals surface area contributed by atoms with Crippen LogP contribution in [-0.2, 0) is 12.1 Å². The minimum Gasteiger partial charge on any atom is -0.409 e. The highest BCUT2D eigenvalue weighted by Gasteiger charge is 2.40. The summed E-state index contributed by atoms with van der Waals surface area (Å²) in [5.41, 5.74) is -0.350. The number of nitrogens with zero attached hydrogens (tertiary/aromatic N) is 4. The summed E-state index contributed by atoms with van der Waals surface area (Å²) in [6.07, 6.45) is 2.75. The highest BCUT2D eigenvalue weighted by Crippen LogP contribution is 2.40. The molecule has 0 spiro atoms. The van der Waals surface area contributed by atoms with E-state index < -0.39 is 23.2 Å². The SMILES string of the molecule is CC(c1ccc(-c2n[nH]c(=S)o2)cc1)C(O)(Cn1cncn1)c1ccc(F)cc1F. The van der Waals surface area contributed by atoms with E-state index in [1.165, 1.54) is 23.4 Å². The van der Waals surface area contributed by atoms with Gasteiger partial charge in [-0.25, -0.2) is 23.5 Å². The van der Waals surface area contributed by atoms with Gasteiger partial charge in [-0.05, 0) is 36.0 Å². The van der Waals surface area contributed by atoms with Gasteiger partial charge in [-0.2, -0.15) is 5.10 Å². The summed E-state index contributed by atoms with van der Waals surface area (Å²) in [5.74, 6) is -1.81. The van der Waals surface area contributed by atoms with Crippen LogP contribution in [0.2, 0.25) is 0 Å². The molecule has 0 aliphatic heterocycles. The van der Waals surface area contributed by atoms with Crippen LogP contribution >= 0.6 is 12.2 Å². The molecular weight excluding hydrogens is 412 g/mol. The van der Waals surface area contributed by atoms with E-state index in [2.05, 4.69) is 20.3 Å². The Bertz CT molecular complexity index is 1210. The fraction of sp³-hybridized carbons (Fsp3) is 0.200. The van der Waals surface area contributed by atoms with Gasteiger partial charge in [-0.3, -0.25) is 0 Å². The highest BCUT2D eigenvalue weighted by molar-refractivity contribution is 7.71. The standard InChI is InChI=1S/C20H17F2N5O2S/c1-12(13-2-4-14(5-3-13)18-25-26-19(30)29-18)20(28,9-27-11-23-10-24-27)16-7-6-15(21)8-17(16)22/h2-8,10-12,28H,9H2,1H3,(H,26,30). The number of hydrogen-bond acceptors (Lipinski definition) is 6. The molecule has 0 saturated carbocycles. The minimum absolute atomic E-state index is 0.0333. The molecular formula is C20H17F2N5O2S. The summed E-state index contributed by atoms with van der Waals surface area (Å²) in [6.45, 7) is 1.68. The van der Waals surface area contributed by atoms with Gasteiger partial charge in [0, 0.05) is 23.1 Å². The Hall–Kier alpha value is -3.24. The second-order valence-electron chi connectivity index (χ2n) is 6.90. The Morgan fingerprint density at radius 1 is 1.23 bits per heavy atom. The maximum absolute atomic E-state index is 14.7. The quantitative estimate of drug-likeness (QED) is 0.451. The number of halogens is 2. The Morgan fingerprint density at radius 2 is 2.00 bits per heavy atom. The Balaban J connectivity index is 1.73. The molecule has 2 unspecified atom stereocenters. The number of aromatic amines is 1. The molecule has 2 N–H and O–H groups in total. The zero-order valence-corrected chi connectivity index (χ0v) is 16.6. The van der Waals surface area contributed by atoms with Crippen molar-refractivity contribution in [3.63, 3.8) is 0 Å². The molecule has 4 aromatic rings. The van der Waals surface area contributed by atoms with E-state index in [1.807, 2.05) is 0 Å². The van der Waals surface area contributed by atoms with Crippen molar-refractivity contribution >= 4 is 12.2 Å². The fourth-order valence-electron chi connectivity index (χ4n) is 3.40. The van der Waals surface area contributed by atoms with E-state index in [4.69, 9.17) is 16.6 Å². The van der Waals surface area contributed by atoms with Crippen LogP contribution in [0.25, 0.3) is 11.5 Å². The number of benzene rings is 2. The Morgan fingerprint density at radius 3 is 2.60 bits per heavy atom. The van der Waals surface area contributed by atoms with E-state index in [9.17, 15) is 13.9 Å². The van der Waals surface area contributed by atoms with Gasteiger partial charge in [-0.15, -0.1) is 5.10 Å². The average molecular weight is 429 g/mol. The van der Waals surface area contributed by atoms with Crippen molar-refractivity contribution in [1.82, 2.24) is 25.0 Å². The lowest BCUT2D eigenvalue weighted by Crippen LogP contribution is -2.38. The molecule has 0 radical (unpaired) electrons. The van der Waals surface area contributed by atoms with Gasteiger partial charge in [0.15, 0.2) is 0 Å². The topological polar surface area (TPSA) is 92.8 Å². The number of H-pyrrole nitrogens is 1. The van der Waals surface area contributed by atoms with Crippen molar-refractivity contribution < 1.29 is 18.3 Å². The molecule has 0 bridgehead atoms. The Labute approximate surface area is 175 Å². The highest BCUT2D eigenvalue weighted by atomic mass is 32.1. The molecule has 10 heteroatoms. The molecule has 30 heavy (non-hydrogen) atoms. The van der Waals surface area contributed by atoms with Gasteiger partial charge >= 0.3 is 0 Å². The first-order valence-corrected chi connectivity index (χ1v) is 9.44. The van der Waals surface area contributed by atoms with E-state index >= 15 is 0 Å². The maximum Gasteiger partial charge on any atom is 0.284 e. The van der Waals surface area contributed by atoms with Crippen LogP contribution in [0.4, 0.5) is 8.78 Å². The molecule has 4 rings (SSSR count). The lowest BCUT2D eigenvalue weighted by atomic mass is 9.78. The molecule has 0 saturated heterocycles. The molecule has 0 aliphatic rings. The van der Waals surface area contributed by atoms with Crippen LogP contribution in [-0.4, -0.2) is 30.1 Å². The van der Waals surface area contributed by atoms with Crippen LogP contribution in [0, 0.1) is 16.5 Å². The lowest BCUT2D eigenvalue weighted by molar-refractivity contribution is -0.0112. The summed E-state index contributed by atoms with van der Waals surface area (Å²) in [4.78, 5) is 4.04. The monoisotopic (exact) mass is 429 g/mol. The van der Waals surface area contributed by atoms with Crippen LogP contribution in [0.15, 0.2) is 59.5 Å². The van der Waals surface area contributed by atoms with E-state index in [-0.39, 0.29) is 16.9 Å². The molecule has 2 atom stereocenters. The summed E-state index contributed by atoms with van der Waals surface area (Å²) >= 11 is 4.89. The fourth-order valence-corrected chi connectivity index (χ4v) is 3.53. The van der Waals surface area contributed by atoms with Gasteiger partial charge in [0.1, 0.15) is 29.9 Å². The van der Waals surface area contributed by atoms with Crippen molar-refractivity contribution in [2.75, 3.05) is 0 Å². The van der Waals surface area contributed by atoms with Crippen molar-refractivity contribution in [1.29, 1.82) is 0 Å². The minimum atomic E-state index is -1.72. The number of nitrogens with one attached hydrogen (secondary N) is 1. The van der Waals surface area contributed by atoms with Gasteiger partial charge in [0.25, 0.3) is 4.84 Å². The second kappa shape index (κ2) is 7.88. The average Bonchev–Trinajstić information content (AvgIpc) is 3.39. The third-order valence-corrected chi connectivity index (χ3v) is 5.25. The molecule has 0 amide bonds. The van der Waals surface area contributed by atoms with Crippen LogP contribution in [0.5, 0.6) is 0 Å². The van der Waals surface area contributed by atoms with E-state index in [1.54, 1.807) is 31.2 Å². The number of aromatic nitrogens is 5. The molecule has 2 aromatic carbocycles. The molecule has 7 nitrogen and oxygen atoms in total. The second-order valence-corrected chi connectivity index (χ2v) is 7.27. The van der Waals surface area contributed by atoms with Crippen molar-refractivity contribution in [3.8, 4) is 11.5 Å². The summed E-state index contributed by atoms with van der Waals surface area (Å²) in [5, 5.41) is 22.2. The van der Waals surface area contributed by atoms with Gasteiger partial charge in [0.05, 0.1) is 6.54 Å².